The molecular formula is C15H17N3. The number of hydrogen-bond acceptors (Lipinski definition) is 3. The zero-order valence-electron chi connectivity index (χ0n) is 10.8. The maximum atomic E-state index is 5.89. The fourth-order valence-corrected chi connectivity index (χ4v) is 2.25. The van der Waals surface area contributed by atoms with Gasteiger partial charge in [-0.1, -0.05) is 23.8 Å². The summed E-state index contributed by atoms with van der Waals surface area (Å²) in [6, 6.07) is 8.26. The molecule has 0 atom stereocenters. The van der Waals surface area contributed by atoms with E-state index in [0.29, 0.717) is 11.7 Å². The van der Waals surface area contributed by atoms with Gasteiger partial charge in [-0.2, -0.15) is 0 Å². The second-order valence-electron chi connectivity index (χ2n) is 5.13. The van der Waals surface area contributed by atoms with Crippen LogP contribution in [0.25, 0.3) is 11.3 Å². The van der Waals surface area contributed by atoms with Crippen LogP contribution in [-0.2, 0) is 0 Å². The minimum absolute atomic E-state index is 0.526. The Kier molecular flexibility index (Phi) is 2.54. The predicted molar refractivity (Wildman–Crippen MR) is 73.3 cm³/mol. The molecule has 18 heavy (non-hydrogen) atoms. The van der Waals surface area contributed by atoms with Crippen molar-refractivity contribution in [2.45, 2.75) is 32.6 Å². The van der Waals surface area contributed by atoms with Crippen molar-refractivity contribution in [3.63, 3.8) is 0 Å². The summed E-state index contributed by atoms with van der Waals surface area (Å²) in [6.07, 6.45) is 2.38. The number of nitrogens with two attached hydrogens (primary N) is 1. The van der Waals surface area contributed by atoms with Crippen molar-refractivity contribution in [2.24, 2.45) is 0 Å². The Morgan fingerprint density at radius 2 is 1.89 bits per heavy atom. The van der Waals surface area contributed by atoms with Gasteiger partial charge in [0.05, 0.1) is 5.69 Å². The van der Waals surface area contributed by atoms with Crippen molar-refractivity contribution in [2.75, 3.05) is 5.73 Å². The first-order chi connectivity index (χ1) is 8.63. The van der Waals surface area contributed by atoms with Gasteiger partial charge in [-0.3, -0.25) is 0 Å². The molecule has 2 N–H and O–H groups in total. The largest absolute Gasteiger partial charge is 0.384 e. The molecule has 0 aliphatic heterocycles. The topological polar surface area (TPSA) is 51.8 Å². The molecule has 3 rings (SSSR count). The number of benzene rings is 1. The quantitative estimate of drug-likeness (QED) is 0.875. The highest BCUT2D eigenvalue weighted by atomic mass is 15.0. The van der Waals surface area contributed by atoms with Crippen LogP contribution in [0.4, 0.5) is 5.82 Å². The monoisotopic (exact) mass is 239 g/mol. The molecule has 0 amide bonds. The van der Waals surface area contributed by atoms with E-state index < -0.39 is 0 Å². The average molecular weight is 239 g/mol. The van der Waals surface area contributed by atoms with E-state index in [1.165, 1.54) is 24.0 Å². The van der Waals surface area contributed by atoms with Crippen LogP contribution >= 0.6 is 0 Å². The Morgan fingerprint density at radius 3 is 2.56 bits per heavy atom. The van der Waals surface area contributed by atoms with E-state index in [9.17, 15) is 0 Å². The number of aromatic nitrogens is 2. The van der Waals surface area contributed by atoms with Gasteiger partial charge in [-0.15, -0.1) is 0 Å². The number of nitrogens with zero attached hydrogens (tertiary/aromatic N) is 2. The molecule has 1 fully saturated rings. The van der Waals surface area contributed by atoms with E-state index in [1.807, 2.05) is 6.07 Å². The maximum Gasteiger partial charge on any atom is 0.134 e. The normalized spacial score (nSPS) is 14.8. The van der Waals surface area contributed by atoms with E-state index in [1.54, 1.807) is 0 Å². The lowest BCUT2D eigenvalue weighted by Gasteiger charge is -2.08. The second kappa shape index (κ2) is 4.09. The lowest BCUT2D eigenvalue weighted by atomic mass is 10.0. The van der Waals surface area contributed by atoms with Gasteiger partial charge in [0.2, 0.25) is 0 Å². The fourth-order valence-electron chi connectivity index (χ4n) is 2.25. The highest BCUT2D eigenvalue weighted by Crippen LogP contribution is 2.39. The summed E-state index contributed by atoms with van der Waals surface area (Å²) in [4.78, 5) is 9.00. The van der Waals surface area contributed by atoms with Crippen LogP contribution in [0.2, 0.25) is 0 Å². The molecular weight excluding hydrogens is 222 g/mol. The van der Waals surface area contributed by atoms with Crippen LogP contribution in [0.5, 0.6) is 0 Å². The number of hydrogen-bond donors (Lipinski definition) is 1. The Hall–Kier alpha value is -1.90. The van der Waals surface area contributed by atoms with Gasteiger partial charge in [0, 0.05) is 17.5 Å². The van der Waals surface area contributed by atoms with Crippen LogP contribution in [0, 0.1) is 13.8 Å². The number of rotatable bonds is 2. The third kappa shape index (κ3) is 2.08. The maximum absolute atomic E-state index is 5.89. The first kappa shape index (κ1) is 11.2. The van der Waals surface area contributed by atoms with E-state index in [0.717, 1.165) is 17.1 Å². The molecule has 3 nitrogen and oxygen atoms in total. The van der Waals surface area contributed by atoms with Crippen molar-refractivity contribution < 1.29 is 0 Å². The third-order valence-corrected chi connectivity index (χ3v) is 3.36. The van der Waals surface area contributed by atoms with Crippen LogP contribution < -0.4 is 5.73 Å². The molecule has 0 saturated heterocycles. The van der Waals surface area contributed by atoms with Crippen LogP contribution in [0.3, 0.4) is 0 Å². The zero-order chi connectivity index (χ0) is 12.7. The zero-order valence-corrected chi connectivity index (χ0v) is 10.8. The molecule has 1 aromatic heterocycles. The van der Waals surface area contributed by atoms with Crippen molar-refractivity contribution in [1.29, 1.82) is 0 Å². The average Bonchev–Trinajstić information content (AvgIpc) is 3.11. The molecule has 1 heterocycles. The lowest BCUT2D eigenvalue weighted by molar-refractivity contribution is 0.935. The van der Waals surface area contributed by atoms with Gasteiger partial charge >= 0.3 is 0 Å². The van der Waals surface area contributed by atoms with E-state index in [4.69, 9.17) is 5.73 Å². The molecule has 3 heteroatoms. The van der Waals surface area contributed by atoms with Crippen LogP contribution in [-0.4, -0.2) is 9.97 Å². The summed E-state index contributed by atoms with van der Waals surface area (Å²) in [5.41, 5.74) is 10.5. The van der Waals surface area contributed by atoms with Crippen molar-refractivity contribution in [1.82, 2.24) is 9.97 Å². The highest BCUT2D eigenvalue weighted by molar-refractivity contribution is 5.66. The van der Waals surface area contributed by atoms with Crippen molar-refractivity contribution >= 4 is 5.82 Å². The lowest BCUT2D eigenvalue weighted by Crippen LogP contribution is -2.00. The summed E-state index contributed by atoms with van der Waals surface area (Å²) in [6.45, 7) is 4.21. The first-order valence-electron chi connectivity index (χ1n) is 6.35. The Balaban J connectivity index is 2.10. The Bertz CT molecular complexity index is 601. The molecule has 1 saturated carbocycles. The van der Waals surface area contributed by atoms with E-state index in [2.05, 4.69) is 42.0 Å². The Morgan fingerprint density at radius 1 is 1.11 bits per heavy atom. The number of aryl methyl sites for hydroxylation is 2. The fraction of sp³-hybridized carbons (Fsp3) is 0.333. The number of nitrogen functional groups attached to an aromatic ring is 1. The minimum Gasteiger partial charge on any atom is -0.384 e. The highest BCUT2D eigenvalue weighted by Gasteiger charge is 2.27. The van der Waals surface area contributed by atoms with Gasteiger partial charge in [0.25, 0.3) is 0 Å². The smallest absolute Gasteiger partial charge is 0.134 e. The predicted octanol–water partition coefficient (Wildman–Crippen LogP) is 3.22. The molecule has 2 aromatic rings. The minimum atomic E-state index is 0.526. The van der Waals surface area contributed by atoms with Gasteiger partial charge in [0.1, 0.15) is 11.6 Å². The van der Waals surface area contributed by atoms with Crippen LogP contribution in [0.1, 0.15) is 35.7 Å². The van der Waals surface area contributed by atoms with Crippen molar-refractivity contribution in [3.05, 3.63) is 41.2 Å². The second-order valence-corrected chi connectivity index (χ2v) is 5.13. The van der Waals surface area contributed by atoms with E-state index in [-0.39, 0.29) is 0 Å². The van der Waals surface area contributed by atoms with Gasteiger partial charge in [-0.25, -0.2) is 9.97 Å². The van der Waals surface area contributed by atoms with Gasteiger partial charge in [0.15, 0.2) is 0 Å². The van der Waals surface area contributed by atoms with Crippen LogP contribution in [0.15, 0.2) is 24.3 Å². The molecule has 92 valence electrons. The summed E-state index contributed by atoms with van der Waals surface area (Å²) < 4.78 is 0. The molecule has 0 spiro atoms. The molecule has 0 unspecified atom stereocenters. The van der Waals surface area contributed by atoms with Gasteiger partial charge < -0.3 is 5.73 Å². The van der Waals surface area contributed by atoms with Gasteiger partial charge in [-0.05, 0) is 32.3 Å². The molecule has 0 radical (unpaired) electrons. The molecule has 0 bridgehead atoms. The van der Waals surface area contributed by atoms with Crippen molar-refractivity contribution in [3.8, 4) is 11.3 Å². The SMILES string of the molecule is Cc1ccc(-c2cc(N)nc(C3CC3)n2)c(C)c1. The Labute approximate surface area is 107 Å². The first-order valence-corrected chi connectivity index (χ1v) is 6.35. The standard InChI is InChI=1S/C15H17N3/c1-9-3-6-12(10(2)7-9)13-8-14(16)18-15(17-13)11-4-5-11/h3,6-8,11H,4-5H2,1-2H3,(H2,16,17,18). The molecule has 1 aliphatic carbocycles. The summed E-state index contributed by atoms with van der Waals surface area (Å²) >= 11 is 0. The summed E-state index contributed by atoms with van der Waals surface area (Å²) in [5, 5.41) is 0. The summed E-state index contributed by atoms with van der Waals surface area (Å²) in [7, 11) is 0. The third-order valence-electron chi connectivity index (χ3n) is 3.36. The molecule has 1 aromatic carbocycles. The van der Waals surface area contributed by atoms with E-state index >= 15 is 0 Å². The molecule has 1 aliphatic rings. The summed E-state index contributed by atoms with van der Waals surface area (Å²) in [5.74, 6) is 2.00. The number of anilines is 1.